The molecule has 3 heterocycles. The fourth-order valence-corrected chi connectivity index (χ4v) is 4.75. The van der Waals surface area contributed by atoms with Crippen LogP contribution in [0.25, 0.3) is 10.9 Å². The molecule has 0 radical (unpaired) electrons. The van der Waals surface area contributed by atoms with Crippen molar-refractivity contribution in [2.24, 2.45) is 10.1 Å². The summed E-state index contributed by atoms with van der Waals surface area (Å²) >= 11 is 0. The number of benzene rings is 1. The lowest BCUT2D eigenvalue weighted by molar-refractivity contribution is -0.137. The van der Waals surface area contributed by atoms with Crippen LogP contribution in [0, 0.1) is 0 Å². The summed E-state index contributed by atoms with van der Waals surface area (Å²) in [6, 6.07) is 5.10. The van der Waals surface area contributed by atoms with E-state index in [4.69, 9.17) is 14.9 Å². The van der Waals surface area contributed by atoms with Crippen molar-refractivity contribution in [2.75, 3.05) is 0 Å². The third kappa shape index (κ3) is 5.50. The van der Waals surface area contributed by atoms with E-state index in [1.165, 1.54) is 12.2 Å². The normalized spacial score (nSPS) is 20.8. The van der Waals surface area contributed by atoms with Gasteiger partial charge in [-0.3, -0.25) is 19.1 Å². The molecule has 3 aliphatic rings. The van der Waals surface area contributed by atoms with E-state index < -0.39 is 5.97 Å². The van der Waals surface area contributed by atoms with E-state index in [9.17, 15) is 14.0 Å². The predicted molar refractivity (Wildman–Crippen MR) is 140 cm³/mol. The molecule has 0 spiro atoms. The van der Waals surface area contributed by atoms with E-state index in [2.05, 4.69) is 16.2 Å². The Labute approximate surface area is 212 Å². The van der Waals surface area contributed by atoms with Gasteiger partial charge in [0.1, 0.15) is 11.7 Å². The summed E-state index contributed by atoms with van der Waals surface area (Å²) in [6.07, 6.45) is 15.1. The molecule has 1 aliphatic carbocycles. The van der Waals surface area contributed by atoms with Crippen LogP contribution >= 0.6 is 0 Å². The highest BCUT2D eigenvalue weighted by Crippen LogP contribution is 2.27. The second-order valence-corrected chi connectivity index (χ2v) is 9.21. The lowest BCUT2D eigenvalue weighted by atomic mass is 9.98. The Hall–Kier alpha value is -4.14. The minimum absolute atomic E-state index is 0.0536. The first-order valence-electron chi connectivity index (χ1n) is 12.4. The van der Waals surface area contributed by atoms with Crippen molar-refractivity contribution in [1.29, 1.82) is 0 Å². The molecule has 0 fully saturated rings. The molecule has 0 saturated carbocycles. The number of halogens is 1. The predicted octanol–water partition coefficient (Wildman–Crippen LogP) is 4.96. The number of carbonyl (C=O) groups is 1. The van der Waals surface area contributed by atoms with Gasteiger partial charge < -0.3 is 9.94 Å². The van der Waals surface area contributed by atoms with Gasteiger partial charge >= 0.3 is 5.97 Å². The summed E-state index contributed by atoms with van der Waals surface area (Å²) in [7, 11) is 0. The molecule has 0 bridgehead atoms. The summed E-state index contributed by atoms with van der Waals surface area (Å²) in [5.41, 5.74) is 2.96. The third-order valence-electron chi connectivity index (χ3n) is 6.67. The maximum absolute atomic E-state index is 13.6. The molecule has 1 aromatic heterocycles. The van der Waals surface area contributed by atoms with Crippen molar-refractivity contribution in [1.82, 2.24) is 9.55 Å². The van der Waals surface area contributed by atoms with Gasteiger partial charge in [0.05, 0.1) is 22.7 Å². The molecular weight excluding hydrogens is 475 g/mol. The molecule has 5 rings (SSSR count). The fourth-order valence-electron chi connectivity index (χ4n) is 4.75. The number of oxime groups is 1. The largest absolute Gasteiger partial charge is 0.481 e. The first-order chi connectivity index (χ1) is 18.0. The number of unbranched alkanes of at least 4 members (excludes halogenated alkanes) is 1. The lowest BCUT2D eigenvalue weighted by Gasteiger charge is -2.21. The SMILES string of the molecule is O=C(O)CCCCc1nc2cc(C3=NOC(C4=CCC=NC=C4)C3)ccc2c(=O)n1C1C=CC(F)=CC1. The number of rotatable bonds is 8. The van der Waals surface area contributed by atoms with Crippen molar-refractivity contribution in [3.8, 4) is 0 Å². The first-order valence-corrected chi connectivity index (χ1v) is 12.4. The van der Waals surface area contributed by atoms with E-state index in [1.807, 2.05) is 24.4 Å². The Bertz CT molecular complexity index is 1460. The highest BCUT2D eigenvalue weighted by Gasteiger charge is 2.26. The van der Waals surface area contributed by atoms with Crippen LogP contribution in [0.15, 0.2) is 81.1 Å². The van der Waals surface area contributed by atoms with Crippen LogP contribution in [-0.2, 0) is 16.1 Å². The molecule has 8 nitrogen and oxygen atoms in total. The van der Waals surface area contributed by atoms with Crippen LogP contribution in [0.3, 0.4) is 0 Å². The number of carboxylic acid groups (broad SMARTS) is 1. The lowest BCUT2D eigenvalue weighted by Crippen LogP contribution is -2.29. The zero-order valence-electron chi connectivity index (χ0n) is 20.2. The van der Waals surface area contributed by atoms with Gasteiger partial charge in [0.15, 0.2) is 6.10 Å². The maximum atomic E-state index is 13.6. The number of allylic oxidation sites excluding steroid dienone is 5. The van der Waals surface area contributed by atoms with Gasteiger partial charge in [-0.15, -0.1) is 0 Å². The van der Waals surface area contributed by atoms with Crippen LogP contribution in [-0.4, -0.2) is 38.7 Å². The molecule has 0 amide bonds. The highest BCUT2D eigenvalue weighted by molar-refractivity contribution is 6.03. The highest BCUT2D eigenvalue weighted by atomic mass is 19.1. The number of fused-ring (bicyclic) bond motifs is 1. The van der Waals surface area contributed by atoms with Gasteiger partial charge in [-0.1, -0.05) is 23.4 Å². The zero-order valence-corrected chi connectivity index (χ0v) is 20.2. The van der Waals surface area contributed by atoms with E-state index in [1.54, 1.807) is 22.9 Å². The molecule has 9 heteroatoms. The zero-order chi connectivity index (χ0) is 25.8. The molecule has 1 aromatic carbocycles. The van der Waals surface area contributed by atoms with Gasteiger partial charge in [-0.05, 0) is 55.2 Å². The van der Waals surface area contributed by atoms with Crippen molar-refractivity contribution in [3.05, 3.63) is 87.9 Å². The maximum Gasteiger partial charge on any atom is 0.303 e. The van der Waals surface area contributed by atoms with Crippen LogP contribution in [0.4, 0.5) is 4.39 Å². The van der Waals surface area contributed by atoms with Crippen molar-refractivity contribution in [3.63, 3.8) is 0 Å². The van der Waals surface area contributed by atoms with Crippen LogP contribution in [0.2, 0.25) is 0 Å². The molecule has 2 atom stereocenters. The van der Waals surface area contributed by atoms with Crippen LogP contribution < -0.4 is 5.56 Å². The molecule has 190 valence electrons. The second-order valence-electron chi connectivity index (χ2n) is 9.21. The van der Waals surface area contributed by atoms with Gasteiger partial charge in [0.25, 0.3) is 5.56 Å². The Morgan fingerprint density at radius 2 is 2.11 bits per heavy atom. The Balaban J connectivity index is 1.45. The standard InChI is InChI=1S/C28H27FN4O4/c29-20-8-10-21(11-9-20)33-26(5-1-2-6-27(34)35)31-24-16-19(7-12-22(24)28(33)36)23-17-25(37-32-23)18-4-3-14-30-15-13-18/h4,7-10,12-16,21,25H,1-3,5-6,11,17H2,(H,34,35). The van der Waals surface area contributed by atoms with Crippen LogP contribution in [0.5, 0.6) is 0 Å². The summed E-state index contributed by atoms with van der Waals surface area (Å²) in [5, 5.41) is 13.7. The Kier molecular flexibility index (Phi) is 7.20. The minimum Gasteiger partial charge on any atom is -0.481 e. The smallest absolute Gasteiger partial charge is 0.303 e. The number of aliphatic imine (C=N–C) groups is 1. The van der Waals surface area contributed by atoms with Crippen molar-refractivity contribution < 1.29 is 19.1 Å². The minimum atomic E-state index is -0.857. The van der Waals surface area contributed by atoms with E-state index in [-0.39, 0.29) is 30.0 Å². The van der Waals surface area contributed by atoms with Gasteiger partial charge in [-0.25, -0.2) is 9.37 Å². The van der Waals surface area contributed by atoms with Crippen molar-refractivity contribution in [2.45, 2.75) is 57.1 Å². The number of hydrogen-bond donors (Lipinski definition) is 1. The first kappa shape index (κ1) is 24.5. The number of hydrogen-bond acceptors (Lipinski definition) is 6. The third-order valence-corrected chi connectivity index (χ3v) is 6.67. The molecule has 2 aromatic rings. The number of carboxylic acids is 1. The number of aryl methyl sites for hydroxylation is 1. The van der Waals surface area contributed by atoms with Crippen LogP contribution in [0.1, 0.15) is 56.0 Å². The monoisotopic (exact) mass is 502 g/mol. The quantitative estimate of drug-likeness (QED) is 0.514. The number of nitrogens with zero attached hydrogens (tertiary/aromatic N) is 4. The molecule has 2 unspecified atom stereocenters. The van der Waals surface area contributed by atoms with Crippen molar-refractivity contribution >= 4 is 28.8 Å². The molecular formula is C28H27FN4O4. The number of aliphatic carboxylic acids is 1. The average molecular weight is 503 g/mol. The summed E-state index contributed by atoms with van der Waals surface area (Å²) in [6.45, 7) is 0. The summed E-state index contributed by atoms with van der Waals surface area (Å²) < 4.78 is 15.2. The fraction of sp³-hybridized carbons (Fsp3) is 0.321. The molecule has 1 N–H and O–H groups in total. The van der Waals surface area contributed by atoms with Gasteiger partial charge in [0.2, 0.25) is 0 Å². The average Bonchev–Trinajstić information content (AvgIpc) is 3.22. The summed E-state index contributed by atoms with van der Waals surface area (Å²) in [5.74, 6) is -0.627. The van der Waals surface area contributed by atoms with Gasteiger partial charge in [0, 0.05) is 43.7 Å². The van der Waals surface area contributed by atoms with E-state index >= 15 is 0 Å². The molecule has 37 heavy (non-hydrogen) atoms. The summed E-state index contributed by atoms with van der Waals surface area (Å²) in [4.78, 5) is 39.2. The Morgan fingerprint density at radius 1 is 1.22 bits per heavy atom. The Morgan fingerprint density at radius 3 is 2.92 bits per heavy atom. The second kappa shape index (κ2) is 10.9. The molecule has 0 saturated heterocycles. The van der Waals surface area contributed by atoms with Gasteiger partial charge in [-0.2, -0.15) is 0 Å². The number of aromatic nitrogens is 2. The molecule has 2 aliphatic heterocycles. The van der Waals surface area contributed by atoms with E-state index in [0.29, 0.717) is 48.8 Å². The van der Waals surface area contributed by atoms with E-state index in [0.717, 1.165) is 23.3 Å². The topological polar surface area (TPSA) is 106 Å².